The molecule has 2 aromatic rings. The Hall–Kier alpha value is -2.17. The Kier molecular flexibility index (Phi) is 4.28. The average molecular weight is 258 g/mol. The number of benzene rings is 1. The highest BCUT2D eigenvalue weighted by atomic mass is 16.1. The maximum atomic E-state index is 11.6. The van der Waals surface area contributed by atoms with Crippen LogP contribution >= 0.6 is 0 Å². The van der Waals surface area contributed by atoms with Gasteiger partial charge in [-0.15, -0.1) is 5.10 Å². The molecule has 0 bridgehead atoms. The van der Waals surface area contributed by atoms with E-state index in [0.717, 1.165) is 10.8 Å². The van der Waals surface area contributed by atoms with Crippen LogP contribution in [0.4, 0.5) is 5.82 Å². The van der Waals surface area contributed by atoms with Crippen molar-refractivity contribution in [2.24, 2.45) is 5.92 Å². The molecule has 0 atom stereocenters. The van der Waals surface area contributed by atoms with Gasteiger partial charge in [0.2, 0.25) is 5.91 Å². The number of aromatic nitrogens is 2. The number of hydrogen-bond acceptors (Lipinski definition) is 4. The maximum absolute atomic E-state index is 11.6. The molecule has 0 fully saturated rings. The van der Waals surface area contributed by atoms with Crippen molar-refractivity contribution < 1.29 is 4.79 Å². The van der Waals surface area contributed by atoms with Gasteiger partial charge in [0.25, 0.3) is 0 Å². The third-order valence-corrected chi connectivity index (χ3v) is 2.69. The van der Waals surface area contributed by atoms with Crippen molar-refractivity contribution in [2.45, 2.75) is 13.8 Å². The predicted octanol–water partition coefficient (Wildman–Crippen LogP) is 1.81. The molecule has 0 radical (unpaired) electrons. The quantitative estimate of drug-likeness (QED) is 0.858. The Balaban J connectivity index is 2.00. The normalized spacial score (nSPS) is 10.7. The van der Waals surface area contributed by atoms with E-state index in [2.05, 4.69) is 34.7 Å². The SMILES string of the molecule is CC(C)CNC(=O)CNc1nncc2ccccc12. The summed E-state index contributed by atoms with van der Waals surface area (Å²) in [5.41, 5.74) is 0. The number of amides is 1. The van der Waals surface area contributed by atoms with Gasteiger partial charge in [-0.05, 0) is 5.92 Å². The van der Waals surface area contributed by atoms with Gasteiger partial charge in [-0.1, -0.05) is 38.1 Å². The van der Waals surface area contributed by atoms with E-state index in [0.29, 0.717) is 18.3 Å². The second-order valence-electron chi connectivity index (χ2n) is 4.83. The van der Waals surface area contributed by atoms with Gasteiger partial charge in [0.05, 0.1) is 12.7 Å². The van der Waals surface area contributed by atoms with Crippen LogP contribution in [0.25, 0.3) is 10.8 Å². The van der Waals surface area contributed by atoms with Crippen LogP contribution in [0.5, 0.6) is 0 Å². The molecule has 100 valence electrons. The van der Waals surface area contributed by atoms with Crippen molar-refractivity contribution in [3.8, 4) is 0 Å². The minimum Gasteiger partial charge on any atom is -0.359 e. The van der Waals surface area contributed by atoms with Crippen molar-refractivity contribution in [1.82, 2.24) is 15.5 Å². The monoisotopic (exact) mass is 258 g/mol. The molecule has 0 aliphatic heterocycles. The number of nitrogens with zero attached hydrogens (tertiary/aromatic N) is 2. The summed E-state index contributed by atoms with van der Waals surface area (Å²) < 4.78 is 0. The molecular weight excluding hydrogens is 240 g/mol. The number of nitrogens with one attached hydrogen (secondary N) is 2. The zero-order chi connectivity index (χ0) is 13.7. The third-order valence-electron chi connectivity index (χ3n) is 2.69. The summed E-state index contributed by atoms with van der Waals surface area (Å²) in [5, 5.41) is 15.8. The van der Waals surface area contributed by atoms with Crippen molar-refractivity contribution in [2.75, 3.05) is 18.4 Å². The number of anilines is 1. The lowest BCUT2D eigenvalue weighted by atomic mass is 10.2. The van der Waals surface area contributed by atoms with Gasteiger partial charge in [-0.25, -0.2) is 0 Å². The third kappa shape index (κ3) is 3.64. The Morgan fingerprint density at radius 3 is 2.89 bits per heavy atom. The second kappa shape index (κ2) is 6.13. The first-order chi connectivity index (χ1) is 9.16. The number of hydrogen-bond donors (Lipinski definition) is 2. The molecular formula is C14H18N4O. The van der Waals surface area contributed by atoms with Gasteiger partial charge >= 0.3 is 0 Å². The van der Waals surface area contributed by atoms with Gasteiger partial charge in [0.15, 0.2) is 5.82 Å². The summed E-state index contributed by atoms with van der Waals surface area (Å²) in [4.78, 5) is 11.6. The lowest BCUT2D eigenvalue weighted by Crippen LogP contribution is -2.32. The molecule has 1 aromatic heterocycles. The zero-order valence-electron chi connectivity index (χ0n) is 11.2. The summed E-state index contributed by atoms with van der Waals surface area (Å²) >= 11 is 0. The molecule has 19 heavy (non-hydrogen) atoms. The topological polar surface area (TPSA) is 66.9 Å². The molecule has 0 unspecified atom stereocenters. The van der Waals surface area contributed by atoms with Gasteiger partial charge in [0.1, 0.15) is 0 Å². The molecule has 0 aliphatic carbocycles. The Morgan fingerprint density at radius 2 is 2.11 bits per heavy atom. The fourth-order valence-electron chi connectivity index (χ4n) is 1.70. The maximum Gasteiger partial charge on any atom is 0.239 e. The molecule has 0 aliphatic rings. The smallest absolute Gasteiger partial charge is 0.239 e. The highest BCUT2D eigenvalue weighted by Gasteiger charge is 2.05. The molecule has 2 rings (SSSR count). The lowest BCUT2D eigenvalue weighted by Gasteiger charge is -2.09. The Bertz CT molecular complexity index is 563. The van der Waals surface area contributed by atoms with E-state index >= 15 is 0 Å². The first kappa shape index (κ1) is 13.3. The van der Waals surface area contributed by atoms with Crippen LogP contribution in [-0.4, -0.2) is 29.2 Å². The molecule has 0 saturated heterocycles. The molecule has 1 amide bonds. The molecule has 5 heteroatoms. The van der Waals surface area contributed by atoms with Crippen LogP contribution in [0.1, 0.15) is 13.8 Å². The van der Waals surface area contributed by atoms with Crippen molar-refractivity contribution in [3.05, 3.63) is 30.5 Å². The number of fused-ring (bicyclic) bond motifs is 1. The first-order valence-electron chi connectivity index (χ1n) is 6.38. The molecule has 1 heterocycles. The van der Waals surface area contributed by atoms with Crippen LogP contribution < -0.4 is 10.6 Å². The van der Waals surface area contributed by atoms with Crippen LogP contribution in [0, 0.1) is 5.92 Å². The van der Waals surface area contributed by atoms with E-state index in [1.165, 1.54) is 0 Å². The fourth-order valence-corrected chi connectivity index (χ4v) is 1.70. The van der Waals surface area contributed by atoms with E-state index in [4.69, 9.17) is 0 Å². The van der Waals surface area contributed by atoms with Crippen LogP contribution in [-0.2, 0) is 4.79 Å². The minimum atomic E-state index is -0.0385. The van der Waals surface area contributed by atoms with E-state index in [1.807, 2.05) is 24.3 Å². The summed E-state index contributed by atoms with van der Waals surface area (Å²) in [7, 11) is 0. The minimum absolute atomic E-state index is 0.0385. The molecule has 2 N–H and O–H groups in total. The Labute approximate surface area is 112 Å². The van der Waals surface area contributed by atoms with Crippen molar-refractivity contribution in [3.63, 3.8) is 0 Å². The second-order valence-corrected chi connectivity index (χ2v) is 4.83. The van der Waals surface area contributed by atoms with Crippen LogP contribution in [0.3, 0.4) is 0 Å². The van der Waals surface area contributed by atoms with Crippen molar-refractivity contribution in [1.29, 1.82) is 0 Å². The van der Waals surface area contributed by atoms with Gasteiger partial charge < -0.3 is 10.6 Å². The van der Waals surface area contributed by atoms with E-state index in [9.17, 15) is 4.79 Å². The molecule has 1 aromatic carbocycles. The largest absolute Gasteiger partial charge is 0.359 e. The molecule has 5 nitrogen and oxygen atoms in total. The first-order valence-corrected chi connectivity index (χ1v) is 6.38. The predicted molar refractivity (Wildman–Crippen MR) is 75.9 cm³/mol. The summed E-state index contributed by atoms with van der Waals surface area (Å²) in [6.07, 6.45) is 1.71. The number of carbonyl (C=O) groups excluding carboxylic acids is 1. The van der Waals surface area contributed by atoms with Crippen molar-refractivity contribution >= 4 is 22.5 Å². The molecule has 0 spiro atoms. The summed E-state index contributed by atoms with van der Waals surface area (Å²) in [5.74, 6) is 1.04. The fraction of sp³-hybridized carbons (Fsp3) is 0.357. The highest BCUT2D eigenvalue weighted by molar-refractivity contribution is 5.92. The van der Waals surface area contributed by atoms with E-state index in [1.54, 1.807) is 6.20 Å². The lowest BCUT2D eigenvalue weighted by molar-refractivity contribution is -0.119. The average Bonchev–Trinajstić information content (AvgIpc) is 2.42. The van der Waals surface area contributed by atoms with Crippen LogP contribution in [0.15, 0.2) is 30.5 Å². The standard InChI is InChI=1S/C14H18N4O/c1-10(2)7-15-13(19)9-16-14-12-6-4-3-5-11(12)8-17-18-14/h3-6,8,10H,7,9H2,1-2H3,(H,15,19)(H,16,18). The zero-order valence-corrected chi connectivity index (χ0v) is 11.2. The van der Waals surface area contributed by atoms with E-state index < -0.39 is 0 Å². The number of rotatable bonds is 5. The van der Waals surface area contributed by atoms with Crippen LogP contribution in [0.2, 0.25) is 0 Å². The summed E-state index contributed by atoms with van der Waals surface area (Å²) in [6, 6.07) is 7.81. The number of carbonyl (C=O) groups is 1. The van der Waals surface area contributed by atoms with Gasteiger partial charge in [0, 0.05) is 17.3 Å². The van der Waals surface area contributed by atoms with Gasteiger partial charge in [-0.2, -0.15) is 5.10 Å². The summed E-state index contributed by atoms with van der Waals surface area (Å²) in [6.45, 7) is 5.00. The highest BCUT2D eigenvalue weighted by Crippen LogP contribution is 2.18. The van der Waals surface area contributed by atoms with E-state index in [-0.39, 0.29) is 12.5 Å². The van der Waals surface area contributed by atoms with Gasteiger partial charge in [-0.3, -0.25) is 4.79 Å². The molecule has 0 saturated carbocycles. The Morgan fingerprint density at radius 1 is 1.32 bits per heavy atom.